The Morgan fingerprint density at radius 2 is 1.94 bits per heavy atom. The van der Waals surface area contributed by atoms with Gasteiger partial charge in [0.15, 0.2) is 11.5 Å². The molecular weight excluding hydrogens is 230 g/mol. The van der Waals surface area contributed by atoms with E-state index in [1.165, 1.54) is 0 Å². The number of benzene rings is 1. The number of aromatic nitrogens is 1. The summed E-state index contributed by atoms with van der Waals surface area (Å²) in [5, 5.41) is 9.53. The summed E-state index contributed by atoms with van der Waals surface area (Å²) in [5.41, 5.74) is 0. The first kappa shape index (κ1) is 12.2. The fourth-order valence-corrected chi connectivity index (χ4v) is 1.44. The Bertz CT molecular complexity index is 487. The Labute approximate surface area is 106 Å². The molecule has 18 heavy (non-hydrogen) atoms. The van der Waals surface area contributed by atoms with E-state index in [0.29, 0.717) is 18.2 Å². The van der Waals surface area contributed by atoms with Crippen LogP contribution in [-0.2, 0) is 0 Å². The van der Waals surface area contributed by atoms with Crippen LogP contribution in [-0.4, -0.2) is 22.8 Å². The molecule has 1 heterocycles. The van der Waals surface area contributed by atoms with Crippen molar-refractivity contribution in [1.29, 1.82) is 0 Å². The molecule has 2 rings (SSSR count). The Morgan fingerprint density at radius 3 is 2.67 bits per heavy atom. The van der Waals surface area contributed by atoms with Crippen molar-refractivity contribution in [3.05, 3.63) is 48.7 Å². The first-order valence-corrected chi connectivity index (χ1v) is 5.74. The van der Waals surface area contributed by atoms with Gasteiger partial charge in [0.1, 0.15) is 12.7 Å². The summed E-state index contributed by atoms with van der Waals surface area (Å²) in [7, 11) is 0. The molecule has 1 unspecified atom stereocenters. The minimum atomic E-state index is -0.153. The predicted octanol–water partition coefficient (Wildman–Crippen LogP) is 2.63. The molecule has 0 aliphatic heterocycles. The van der Waals surface area contributed by atoms with Crippen LogP contribution in [0.2, 0.25) is 0 Å². The van der Waals surface area contributed by atoms with E-state index in [4.69, 9.17) is 9.47 Å². The third-order valence-corrected chi connectivity index (χ3v) is 2.30. The highest BCUT2D eigenvalue weighted by Gasteiger charge is 2.07. The van der Waals surface area contributed by atoms with Gasteiger partial charge >= 0.3 is 0 Å². The van der Waals surface area contributed by atoms with Crippen LogP contribution in [0, 0.1) is 0 Å². The number of phenols is 1. The monoisotopic (exact) mass is 245 g/mol. The molecular formula is C14H15NO3. The molecule has 0 bridgehead atoms. The summed E-state index contributed by atoms with van der Waals surface area (Å²) in [6.45, 7) is 2.23. The highest BCUT2D eigenvalue weighted by molar-refractivity contribution is 5.37. The van der Waals surface area contributed by atoms with Crippen molar-refractivity contribution in [3.8, 4) is 17.4 Å². The second-order valence-corrected chi connectivity index (χ2v) is 3.88. The molecule has 94 valence electrons. The van der Waals surface area contributed by atoms with Crippen LogP contribution in [0.15, 0.2) is 48.7 Å². The van der Waals surface area contributed by atoms with Crippen molar-refractivity contribution < 1.29 is 14.6 Å². The molecule has 1 N–H and O–H groups in total. The minimum Gasteiger partial charge on any atom is -0.504 e. The first-order chi connectivity index (χ1) is 8.75. The summed E-state index contributed by atoms with van der Waals surface area (Å²) >= 11 is 0. The highest BCUT2D eigenvalue weighted by Crippen LogP contribution is 2.24. The van der Waals surface area contributed by atoms with Gasteiger partial charge in [-0.25, -0.2) is 4.98 Å². The van der Waals surface area contributed by atoms with Crippen LogP contribution < -0.4 is 9.47 Å². The number of phenolic OH excluding ortho intramolecular Hbond substituents is 1. The Kier molecular flexibility index (Phi) is 4.02. The highest BCUT2D eigenvalue weighted by atomic mass is 16.5. The Balaban J connectivity index is 1.86. The fraction of sp³-hybridized carbons (Fsp3) is 0.214. The molecule has 1 aromatic carbocycles. The third-order valence-electron chi connectivity index (χ3n) is 2.30. The van der Waals surface area contributed by atoms with Crippen molar-refractivity contribution in [2.45, 2.75) is 13.0 Å². The van der Waals surface area contributed by atoms with Crippen molar-refractivity contribution in [3.63, 3.8) is 0 Å². The number of hydrogen-bond acceptors (Lipinski definition) is 4. The van der Waals surface area contributed by atoms with Crippen molar-refractivity contribution in [1.82, 2.24) is 4.98 Å². The van der Waals surface area contributed by atoms with Crippen molar-refractivity contribution in [2.24, 2.45) is 0 Å². The Hall–Kier alpha value is -2.23. The van der Waals surface area contributed by atoms with Crippen molar-refractivity contribution in [2.75, 3.05) is 6.61 Å². The lowest BCUT2D eigenvalue weighted by atomic mass is 10.3. The molecule has 0 saturated heterocycles. The SMILES string of the molecule is CC(COc1ccccc1O)Oc1ccccn1. The molecule has 0 aliphatic rings. The average molecular weight is 245 g/mol. The largest absolute Gasteiger partial charge is 0.504 e. The number of pyridine rings is 1. The van der Waals surface area contributed by atoms with E-state index >= 15 is 0 Å². The van der Waals surface area contributed by atoms with Crippen LogP contribution in [0.1, 0.15) is 6.92 Å². The van der Waals surface area contributed by atoms with Gasteiger partial charge in [-0.3, -0.25) is 0 Å². The number of hydrogen-bond donors (Lipinski definition) is 1. The summed E-state index contributed by atoms with van der Waals surface area (Å²) in [4.78, 5) is 4.06. The topological polar surface area (TPSA) is 51.6 Å². The summed E-state index contributed by atoms with van der Waals surface area (Å²) in [6.07, 6.45) is 1.52. The van der Waals surface area contributed by atoms with Gasteiger partial charge in [-0.2, -0.15) is 0 Å². The van der Waals surface area contributed by atoms with Crippen LogP contribution >= 0.6 is 0 Å². The second kappa shape index (κ2) is 5.91. The fourth-order valence-electron chi connectivity index (χ4n) is 1.44. The molecule has 2 aromatic rings. The van der Waals surface area contributed by atoms with E-state index in [1.54, 1.807) is 36.5 Å². The second-order valence-electron chi connectivity index (χ2n) is 3.88. The van der Waals surface area contributed by atoms with Gasteiger partial charge in [-0.1, -0.05) is 18.2 Å². The molecule has 0 fully saturated rings. The minimum absolute atomic E-state index is 0.127. The summed E-state index contributed by atoms with van der Waals surface area (Å²) < 4.78 is 11.0. The summed E-state index contributed by atoms with van der Waals surface area (Å²) in [6, 6.07) is 12.3. The number of para-hydroxylation sites is 2. The number of nitrogens with zero attached hydrogens (tertiary/aromatic N) is 1. The van der Waals surface area contributed by atoms with Crippen LogP contribution in [0.4, 0.5) is 0 Å². The normalized spacial score (nSPS) is 11.8. The zero-order chi connectivity index (χ0) is 12.8. The number of rotatable bonds is 5. The molecule has 0 spiro atoms. The molecule has 0 saturated carbocycles. The molecule has 0 amide bonds. The number of ether oxygens (including phenoxy) is 2. The summed E-state index contributed by atoms with van der Waals surface area (Å²) in [5.74, 6) is 1.14. The maximum Gasteiger partial charge on any atom is 0.213 e. The van der Waals surface area contributed by atoms with Gasteiger partial charge in [0, 0.05) is 12.3 Å². The van der Waals surface area contributed by atoms with Gasteiger partial charge in [0.2, 0.25) is 5.88 Å². The van der Waals surface area contributed by atoms with E-state index in [0.717, 1.165) is 0 Å². The maximum absolute atomic E-state index is 9.53. The van der Waals surface area contributed by atoms with E-state index in [1.807, 2.05) is 19.1 Å². The van der Waals surface area contributed by atoms with E-state index in [9.17, 15) is 5.11 Å². The smallest absolute Gasteiger partial charge is 0.213 e. The van der Waals surface area contributed by atoms with E-state index in [2.05, 4.69) is 4.98 Å². The zero-order valence-corrected chi connectivity index (χ0v) is 10.1. The van der Waals surface area contributed by atoms with E-state index in [-0.39, 0.29) is 11.9 Å². The molecule has 4 nitrogen and oxygen atoms in total. The molecule has 0 radical (unpaired) electrons. The van der Waals surface area contributed by atoms with Gasteiger partial charge in [-0.15, -0.1) is 0 Å². The predicted molar refractivity (Wildman–Crippen MR) is 67.9 cm³/mol. The molecule has 1 aromatic heterocycles. The number of aromatic hydroxyl groups is 1. The first-order valence-electron chi connectivity index (χ1n) is 5.74. The Morgan fingerprint density at radius 1 is 1.17 bits per heavy atom. The van der Waals surface area contributed by atoms with Gasteiger partial charge < -0.3 is 14.6 Å². The zero-order valence-electron chi connectivity index (χ0n) is 10.1. The standard InChI is InChI=1S/C14H15NO3/c1-11(18-14-8-4-5-9-15-14)10-17-13-7-3-2-6-12(13)16/h2-9,11,16H,10H2,1H3. The molecule has 1 atom stereocenters. The third kappa shape index (κ3) is 3.38. The average Bonchev–Trinajstić information content (AvgIpc) is 2.39. The van der Waals surface area contributed by atoms with Gasteiger partial charge in [0.25, 0.3) is 0 Å². The molecule has 0 aliphatic carbocycles. The lowest BCUT2D eigenvalue weighted by Gasteiger charge is -2.15. The quantitative estimate of drug-likeness (QED) is 0.879. The maximum atomic E-state index is 9.53. The lowest BCUT2D eigenvalue weighted by molar-refractivity contribution is 0.136. The van der Waals surface area contributed by atoms with E-state index < -0.39 is 0 Å². The van der Waals surface area contributed by atoms with Gasteiger partial charge in [-0.05, 0) is 25.1 Å². The lowest BCUT2D eigenvalue weighted by Crippen LogP contribution is -2.21. The van der Waals surface area contributed by atoms with Crippen LogP contribution in [0.5, 0.6) is 17.4 Å². The van der Waals surface area contributed by atoms with Crippen molar-refractivity contribution >= 4 is 0 Å². The van der Waals surface area contributed by atoms with Gasteiger partial charge in [0.05, 0.1) is 0 Å². The van der Waals surface area contributed by atoms with Crippen LogP contribution in [0.3, 0.4) is 0 Å². The molecule has 4 heteroatoms. The van der Waals surface area contributed by atoms with Crippen LogP contribution in [0.25, 0.3) is 0 Å².